The summed E-state index contributed by atoms with van der Waals surface area (Å²) in [5.41, 5.74) is 1.22. The Bertz CT molecular complexity index is 835. The molecule has 0 radical (unpaired) electrons. The van der Waals surface area contributed by atoms with E-state index in [-0.39, 0.29) is 23.0 Å². The Balaban J connectivity index is 1.95. The smallest absolute Gasteiger partial charge is 0.168 e. The van der Waals surface area contributed by atoms with Crippen molar-refractivity contribution < 1.29 is 9.90 Å². The minimum absolute atomic E-state index is 0.00962. The Labute approximate surface area is 142 Å². The number of rotatable bonds is 2. The molecule has 0 heterocycles. The van der Waals surface area contributed by atoms with E-state index in [1.54, 1.807) is 0 Å². The lowest BCUT2D eigenvalue weighted by Crippen LogP contribution is -2.20. The zero-order valence-electron chi connectivity index (χ0n) is 14.4. The molecule has 0 saturated carbocycles. The molecule has 0 fully saturated rings. The fourth-order valence-electron chi connectivity index (χ4n) is 3.14. The van der Waals surface area contributed by atoms with E-state index in [1.807, 2.05) is 39.0 Å². The van der Waals surface area contributed by atoms with Gasteiger partial charge in [0.25, 0.3) is 0 Å². The highest BCUT2D eigenvalue weighted by molar-refractivity contribution is 6.14. The topological polar surface area (TPSA) is 49.7 Å². The van der Waals surface area contributed by atoms with Crippen molar-refractivity contribution >= 4 is 22.8 Å². The fourth-order valence-corrected chi connectivity index (χ4v) is 3.14. The third-order valence-electron chi connectivity index (χ3n) is 4.33. The van der Waals surface area contributed by atoms with Crippen molar-refractivity contribution in [2.75, 3.05) is 0 Å². The van der Waals surface area contributed by atoms with Crippen LogP contribution in [0, 0.1) is 0 Å². The van der Waals surface area contributed by atoms with Crippen molar-refractivity contribution in [1.82, 2.24) is 0 Å². The maximum atomic E-state index is 12.5. The van der Waals surface area contributed by atoms with Gasteiger partial charge in [-0.3, -0.25) is 9.79 Å². The molecule has 1 N–H and O–H groups in total. The number of hydrogen-bond acceptors (Lipinski definition) is 3. The summed E-state index contributed by atoms with van der Waals surface area (Å²) in [5.74, 6) is 0.122. The number of carbonyl (C=O) groups excluding carboxylic acids is 1. The maximum absolute atomic E-state index is 12.5. The van der Waals surface area contributed by atoms with Gasteiger partial charge in [-0.2, -0.15) is 0 Å². The lowest BCUT2D eigenvalue weighted by molar-refractivity contribution is -0.116. The van der Waals surface area contributed by atoms with Gasteiger partial charge in [-0.15, -0.1) is 0 Å². The Morgan fingerprint density at radius 2 is 1.79 bits per heavy atom. The third-order valence-corrected chi connectivity index (χ3v) is 4.33. The van der Waals surface area contributed by atoms with Gasteiger partial charge in [0, 0.05) is 19.1 Å². The lowest BCUT2D eigenvalue weighted by Gasteiger charge is -2.24. The summed E-state index contributed by atoms with van der Waals surface area (Å²) >= 11 is 0. The van der Waals surface area contributed by atoms with Crippen LogP contribution >= 0.6 is 0 Å². The molecule has 1 aliphatic rings. The standard InChI is InChI=1S/C21H23NO2/c1-21(2,3)22-13-18-19(23)11-15(12-20(18)24)17-10-6-8-14-7-4-5-9-16(14)17/h4-10,13,15,23H,11-12H2,1-3H3. The average Bonchev–Trinajstić information content (AvgIpc) is 2.52. The molecule has 1 unspecified atom stereocenters. The van der Waals surface area contributed by atoms with Gasteiger partial charge in [0.1, 0.15) is 5.76 Å². The number of benzene rings is 2. The second-order valence-corrected chi connectivity index (χ2v) is 7.39. The molecule has 0 bridgehead atoms. The van der Waals surface area contributed by atoms with Crippen molar-refractivity contribution in [2.45, 2.75) is 45.1 Å². The highest BCUT2D eigenvalue weighted by Gasteiger charge is 2.28. The first kappa shape index (κ1) is 16.4. The van der Waals surface area contributed by atoms with Gasteiger partial charge < -0.3 is 5.11 Å². The molecule has 0 amide bonds. The number of aliphatic hydroxyl groups excluding tert-OH is 1. The van der Waals surface area contributed by atoms with Crippen LogP contribution in [0.15, 0.2) is 58.8 Å². The van der Waals surface area contributed by atoms with Crippen LogP contribution in [-0.2, 0) is 4.79 Å². The predicted octanol–water partition coefficient (Wildman–Crippen LogP) is 4.97. The van der Waals surface area contributed by atoms with E-state index >= 15 is 0 Å². The molecular weight excluding hydrogens is 298 g/mol. The summed E-state index contributed by atoms with van der Waals surface area (Å²) in [5, 5.41) is 12.7. The molecule has 3 nitrogen and oxygen atoms in total. The minimum Gasteiger partial charge on any atom is -0.511 e. The van der Waals surface area contributed by atoms with Crippen molar-refractivity contribution in [2.24, 2.45) is 4.99 Å². The van der Waals surface area contributed by atoms with E-state index in [0.717, 1.165) is 16.3 Å². The summed E-state index contributed by atoms with van der Waals surface area (Å²) in [7, 11) is 0. The number of allylic oxidation sites excluding steroid dienone is 2. The summed E-state index contributed by atoms with van der Waals surface area (Å²) in [6, 6.07) is 14.3. The quantitative estimate of drug-likeness (QED) is 0.794. The molecule has 124 valence electrons. The first-order chi connectivity index (χ1) is 11.3. The third kappa shape index (κ3) is 3.40. The monoisotopic (exact) mass is 321 g/mol. The van der Waals surface area contributed by atoms with E-state index < -0.39 is 0 Å². The Morgan fingerprint density at radius 1 is 1.08 bits per heavy atom. The largest absolute Gasteiger partial charge is 0.511 e. The van der Waals surface area contributed by atoms with E-state index in [4.69, 9.17) is 0 Å². The normalized spacial score (nSPS) is 19.5. The SMILES string of the molecule is CC(C)(C)N=CC1=C(O)CC(c2cccc3ccccc23)CC1=O. The zero-order chi connectivity index (χ0) is 17.3. The van der Waals surface area contributed by atoms with Gasteiger partial charge in [0.05, 0.1) is 11.1 Å². The molecule has 1 aliphatic carbocycles. The average molecular weight is 321 g/mol. The molecule has 2 aromatic rings. The van der Waals surface area contributed by atoms with E-state index in [9.17, 15) is 9.90 Å². The van der Waals surface area contributed by atoms with E-state index in [2.05, 4.69) is 29.3 Å². The van der Waals surface area contributed by atoms with Crippen molar-refractivity contribution in [3.05, 3.63) is 59.4 Å². The Morgan fingerprint density at radius 3 is 2.50 bits per heavy atom. The minimum atomic E-state index is -0.264. The molecule has 3 heteroatoms. The molecule has 0 saturated heterocycles. The number of hydrogen-bond donors (Lipinski definition) is 1. The number of Topliss-reactive ketones (excluding diaryl/α,β-unsaturated/α-hetero) is 1. The first-order valence-corrected chi connectivity index (χ1v) is 8.33. The van der Waals surface area contributed by atoms with Crippen molar-refractivity contribution in [1.29, 1.82) is 0 Å². The molecule has 1 atom stereocenters. The summed E-state index contributed by atoms with van der Waals surface area (Å²) < 4.78 is 0. The second-order valence-electron chi connectivity index (χ2n) is 7.39. The molecule has 3 rings (SSSR count). The molecule has 0 aromatic heterocycles. The van der Waals surface area contributed by atoms with E-state index in [1.165, 1.54) is 6.21 Å². The van der Waals surface area contributed by atoms with E-state index in [0.29, 0.717) is 18.4 Å². The van der Waals surface area contributed by atoms with Crippen LogP contribution in [0.3, 0.4) is 0 Å². The van der Waals surface area contributed by atoms with Crippen LogP contribution in [0.4, 0.5) is 0 Å². The molecule has 0 spiro atoms. The maximum Gasteiger partial charge on any atom is 0.168 e. The Hall–Kier alpha value is -2.42. The zero-order valence-corrected chi connectivity index (χ0v) is 14.4. The fraction of sp³-hybridized carbons (Fsp3) is 0.333. The number of aliphatic imine (C=N–C) groups is 1. The van der Waals surface area contributed by atoms with Crippen LogP contribution in [0.25, 0.3) is 10.8 Å². The molecular formula is C21H23NO2. The summed E-state index contributed by atoms with van der Waals surface area (Å²) in [4.78, 5) is 16.9. The van der Waals surface area contributed by atoms with Crippen LogP contribution < -0.4 is 0 Å². The van der Waals surface area contributed by atoms with Gasteiger partial charge in [0.2, 0.25) is 0 Å². The molecule has 2 aromatic carbocycles. The predicted molar refractivity (Wildman–Crippen MR) is 98.8 cm³/mol. The van der Waals surface area contributed by atoms with Crippen LogP contribution in [-0.4, -0.2) is 22.6 Å². The summed E-state index contributed by atoms with van der Waals surface area (Å²) in [6.07, 6.45) is 2.42. The van der Waals surface area contributed by atoms with Gasteiger partial charge >= 0.3 is 0 Å². The number of ketones is 1. The number of carbonyl (C=O) groups is 1. The van der Waals surface area contributed by atoms with Crippen LogP contribution in [0.1, 0.15) is 45.1 Å². The summed E-state index contributed by atoms with van der Waals surface area (Å²) in [6.45, 7) is 5.90. The van der Waals surface area contributed by atoms with Crippen LogP contribution in [0.2, 0.25) is 0 Å². The van der Waals surface area contributed by atoms with Crippen molar-refractivity contribution in [3.63, 3.8) is 0 Å². The van der Waals surface area contributed by atoms with Gasteiger partial charge in [0.15, 0.2) is 5.78 Å². The molecule has 24 heavy (non-hydrogen) atoms. The van der Waals surface area contributed by atoms with Gasteiger partial charge in [-0.25, -0.2) is 0 Å². The second kappa shape index (κ2) is 6.23. The Kier molecular flexibility index (Phi) is 4.27. The lowest BCUT2D eigenvalue weighted by atomic mass is 9.81. The highest BCUT2D eigenvalue weighted by atomic mass is 16.3. The van der Waals surface area contributed by atoms with Gasteiger partial charge in [-0.05, 0) is 43.0 Å². The number of fused-ring (bicyclic) bond motifs is 1. The number of aliphatic hydroxyl groups is 1. The van der Waals surface area contributed by atoms with Gasteiger partial charge in [-0.1, -0.05) is 42.5 Å². The number of nitrogens with zero attached hydrogens (tertiary/aromatic N) is 1. The molecule has 0 aliphatic heterocycles. The highest BCUT2D eigenvalue weighted by Crippen LogP contribution is 2.36. The first-order valence-electron chi connectivity index (χ1n) is 8.33. The van der Waals surface area contributed by atoms with Crippen molar-refractivity contribution in [3.8, 4) is 0 Å². The van der Waals surface area contributed by atoms with Crippen LogP contribution in [0.5, 0.6) is 0 Å².